The molecule has 2 aromatic carbocycles. The van der Waals surface area contributed by atoms with Crippen LogP contribution < -0.4 is 15.0 Å². The Kier molecular flexibility index (Phi) is 6.55. The first-order valence-corrected chi connectivity index (χ1v) is 10.4. The number of hydrogen-bond donors (Lipinski definition) is 2. The zero-order chi connectivity index (χ0) is 21.7. The summed E-state index contributed by atoms with van der Waals surface area (Å²) < 4.78 is 37.4. The summed E-state index contributed by atoms with van der Waals surface area (Å²) in [6.07, 6.45) is -0.724. The molecule has 1 aliphatic rings. The molecule has 10 nitrogen and oxygen atoms in total. The van der Waals surface area contributed by atoms with Gasteiger partial charge in [0.2, 0.25) is 10.0 Å². The number of carbonyl (C=O) groups is 2. The molecule has 160 valence electrons. The molecule has 30 heavy (non-hydrogen) atoms. The number of hydroxylamine groups is 1. The monoisotopic (exact) mass is 435 g/mol. The average molecular weight is 435 g/mol. The van der Waals surface area contributed by atoms with E-state index >= 15 is 0 Å². The van der Waals surface area contributed by atoms with Crippen LogP contribution in [0.2, 0.25) is 0 Å². The molecule has 2 aromatic rings. The Morgan fingerprint density at radius 1 is 1.03 bits per heavy atom. The molecule has 0 saturated carbocycles. The van der Waals surface area contributed by atoms with Gasteiger partial charge in [-0.3, -0.25) is 10.0 Å². The molecule has 0 spiro atoms. The van der Waals surface area contributed by atoms with Crippen LogP contribution in [-0.4, -0.2) is 67.6 Å². The minimum absolute atomic E-state index is 0.0102. The van der Waals surface area contributed by atoms with Crippen molar-refractivity contribution < 1.29 is 32.7 Å². The number of sulfonamides is 1. The fourth-order valence-electron chi connectivity index (χ4n) is 3.04. The third-order valence-electron chi connectivity index (χ3n) is 4.62. The third kappa shape index (κ3) is 4.53. The van der Waals surface area contributed by atoms with Crippen molar-refractivity contribution in [1.82, 2.24) is 14.7 Å². The number of piperazine rings is 1. The number of carbonyl (C=O) groups excluding carboxylic acids is 2. The zero-order valence-corrected chi connectivity index (χ0v) is 16.9. The van der Waals surface area contributed by atoms with Gasteiger partial charge in [0, 0.05) is 19.6 Å². The second kappa shape index (κ2) is 9.11. The van der Waals surface area contributed by atoms with Crippen LogP contribution in [0.1, 0.15) is 0 Å². The van der Waals surface area contributed by atoms with E-state index in [4.69, 9.17) is 14.7 Å². The van der Waals surface area contributed by atoms with Crippen molar-refractivity contribution in [3.63, 3.8) is 0 Å². The van der Waals surface area contributed by atoms with Gasteiger partial charge in [0.15, 0.2) is 0 Å². The lowest BCUT2D eigenvalue weighted by molar-refractivity contribution is -0.134. The predicted molar refractivity (Wildman–Crippen MR) is 105 cm³/mol. The lowest BCUT2D eigenvalue weighted by Crippen LogP contribution is -2.61. The van der Waals surface area contributed by atoms with Crippen LogP contribution in [-0.2, 0) is 14.8 Å². The first-order valence-electron chi connectivity index (χ1n) is 8.98. The Hall–Kier alpha value is -3.15. The molecule has 1 heterocycles. The Morgan fingerprint density at radius 3 is 2.30 bits per heavy atom. The molecule has 0 radical (unpaired) electrons. The highest BCUT2D eigenvalue weighted by molar-refractivity contribution is 7.89. The van der Waals surface area contributed by atoms with Crippen LogP contribution in [0.25, 0.3) is 0 Å². The summed E-state index contributed by atoms with van der Waals surface area (Å²) >= 11 is 0. The predicted octanol–water partition coefficient (Wildman–Crippen LogP) is 1.07. The average Bonchev–Trinajstić information content (AvgIpc) is 2.78. The largest absolute Gasteiger partial charge is 0.497 e. The number of benzene rings is 2. The number of rotatable bonds is 5. The normalized spacial score (nSPS) is 17.3. The van der Waals surface area contributed by atoms with Gasteiger partial charge < -0.3 is 14.4 Å². The molecular formula is C19H21N3O7S. The van der Waals surface area contributed by atoms with E-state index in [2.05, 4.69) is 0 Å². The summed E-state index contributed by atoms with van der Waals surface area (Å²) in [5.41, 5.74) is 1.47. The maximum absolute atomic E-state index is 13.1. The van der Waals surface area contributed by atoms with Crippen LogP contribution in [0.5, 0.6) is 11.5 Å². The number of nitrogens with one attached hydrogen (secondary N) is 1. The molecule has 1 fully saturated rings. The summed E-state index contributed by atoms with van der Waals surface area (Å²) in [5, 5.41) is 9.10. The van der Waals surface area contributed by atoms with Crippen molar-refractivity contribution in [2.24, 2.45) is 0 Å². The second-order valence-electron chi connectivity index (χ2n) is 6.41. The lowest BCUT2D eigenvalue weighted by Gasteiger charge is -2.38. The molecule has 3 rings (SSSR count). The molecule has 0 aromatic heterocycles. The summed E-state index contributed by atoms with van der Waals surface area (Å²) in [6.45, 7) is -0.431. The lowest BCUT2D eigenvalue weighted by atomic mass is 10.2. The highest BCUT2D eigenvalue weighted by Crippen LogP contribution is 2.24. The second-order valence-corrected chi connectivity index (χ2v) is 8.30. The number of nitrogens with zero attached hydrogens (tertiary/aromatic N) is 2. The molecule has 0 bridgehead atoms. The Balaban J connectivity index is 1.81. The van der Waals surface area contributed by atoms with Gasteiger partial charge in [-0.2, -0.15) is 4.31 Å². The standard InChI is InChI=1S/C19H21N3O7S/c1-28-14-7-9-16(10-8-14)30(26,27)22-12-11-21(13-17(22)18(23)20-25)19(24)29-15-5-3-2-4-6-15/h2-10,17,25H,11-13H2,1H3,(H,20,23). The van der Waals surface area contributed by atoms with Crippen molar-refractivity contribution in [3.8, 4) is 11.5 Å². The van der Waals surface area contributed by atoms with Crippen molar-refractivity contribution in [3.05, 3.63) is 54.6 Å². The molecule has 1 unspecified atom stereocenters. The van der Waals surface area contributed by atoms with Gasteiger partial charge in [0.25, 0.3) is 5.91 Å². The molecule has 0 aliphatic carbocycles. The smallest absolute Gasteiger partial charge is 0.415 e. The summed E-state index contributed by atoms with van der Waals surface area (Å²) in [7, 11) is -2.62. The fraction of sp³-hybridized carbons (Fsp3) is 0.263. The molecule has 1 aliphatic heterocycles. The van der Waals surface area contributed by atoms with Crippen LogP contribution in [0.15, 0.2) is 59.5 Å². The van der Waals surface area contributed by atoms with Crippen LogP contribution >= 0.6 is 0 Å². The Morgan fingerprint density at radius 2 is 1.70 bits per heavy atom. The maximum atomic E-state index is 13.1. The third-order valence-corrected chi connectivity index (χ3v) is 6.54. The zero-order valence-electron chi connectivity index (χ0n) is 16.1. The number of amides is 2. The number of methoxy groups -OCH3 is 1. The van der Waals surface area contributed by atoms with Crippen LogP contribution in [0.3, 0.4) is 0 Å². The first kappa shape index (κ1) is 21.6. The van der Waals surface area contributed by atoms with Gasteiger partial charge in [0.1, 0.15) is 17.5 Å². The van der Waals surface area contributed by atoms with E-state index in [1.807, 2.05) is 0 Å². The Bertz CT molecular complexity index is 997. The summed E-state index contributed by atoms with van der Waals surface area (Å²) in [6, 6.07) is 12.7. The maximum Gasteiger partial charge on any atom is 0.415 e. The van der Waals surface area contributed by atoms with Gasteiger partial charge >= 0.3 is 6.09 Å². The number of hydrogen-bond acceptors (Lipinski definition) is 7. The molecule has 2 N–H and O–H groups in total. The fourth-order valence-corrected chi connectivity index (χ4v) is 4.62. The number of para-hydroxylation sites is 1. The van der Waals surface area contributed by atoms with Gasteiger partial charge in [-0.05, 0) is 36.4 Å². The van der Waals surface area contributed by atoms with Crippen LogP contribution in [0.4, 0.5) is 4.79 Å². The van der Waals surface area contributed by atoms with Crippen LogP contribution in [0, 0.1) is 0 Å². The van der Waals surface area contributed by atoms with Gasteiger partial charge in [-0.15, -0.1) is 0 Å². The van der Waals surface area contributed by atoms with E-state index in [0.29, 0.717) is 11.5 Å². The van der Waals surface area contributed by atoms with E-state index in [9.17, 15) is 18.0 Å². The van der Waals surface area contributed by atoms with E-state index in [0.717, 1.165) is 4.31 Å². The molecular weight excluding hydrogens is 414 g/mol. The molecule has 11 heteroatoms. The molecule has 1 saturated heterocycles. The highest BCUT2D eigenvalue weighted by Gasteiger charge is 2.41. The van der Waals surface area contributed by atoms with Gasteiger partial charge in [-0.25, -0.2) is 18.7 Å². The van der Waals surface area contributed by atoms with Gasteiger partial charge in [0.05, 0.1) is 12.0 Å². The van der Waals surface area contributed by atoms with Crippen molar-refractivity contribution in [1.29, 1.82) is 0 Å². The molecule has 1 atom stereocenters. The van der Waals surface area contributed by atoms with Gasteiger partial charge in [-0.1, -0.05) is 18.2 Å². The van der Waals surface area contributed by atoms with E-state index in [1.54, 1.807) is 30.3 Å². The minimum atomic E-state index is -4.07. The van der Waals surface area contributed by atoms with E-state index in [-0.39, 0.29) is 24.5 Å². The highest BCUT2D eigenvalue weighted by atomic mass is 32.2. The topological polar surface area (TPSA) is 125 Å². The molecule has 2 amide bonds. The Labute approximate surface area is 173 Å². The van der Waals surface area contributed by atoms with Crippen molar-refractivity contribution in [2.45, 2.75) is 10.9 Å². The van der Waals surface area contributed by atoms with E-state index in [1.165, 1.54) is 41.8 Å². The SMILES string of the molecule is COc1ccc(S(=O)(=O)N2CCN(C(=O)Oc3ccccc3)CC2C(=O)NO)cc1. The number of ether oxygens (including phenoxy) is 2. The first-order chi connectivity index (χ1) is 14.4. The van der Waals surface area contributed by atoms with Crippen molar-refractivity contribution in [2.75, 3.05) is 26.7 Å². The van der Waals surface area contributed by atoms with E-state index < -0.39 is 28.1 Å². The minimum Gasteiger partial charge on any atom is -0.497 e. The quantitative estimate of drug-likeness (QED) is 0.532. The summed E-state index contributed by atoms with van der Waals surface area (Å²) in [4.78, 5) is 25.8. The van der Waals surface area contributed by atoms with Crippen molar-refractivity contribution >= 4 is 22.0 Å². The summed E-state index contributed by atoms with van der Waals surface area (Å²) in [5.74, 6) is -0.157.